The summed E-state index contributed by atoms with van der Waals surface area (Å²) in [5.74, 6) is 1.75. The second kappa shape index (κ2) is 6.29. The number of fused-ring (bicyclic) bond motifs is 1. The van der Waals surface area contributed by atoms with Gasteiger partial charge in [-0.05, 0) is 41.8 Å². The van der Waals surface area contributed by atoms with Gasteiger partial charge in [0.1, 0.15) is 5.75 Å². The molecule has 3 aromatic rings. The Bertz CT molecular complexity index is 893. The predicted molar refractivity (Wildman–Crippen MR) is 98.0 cm³/mol. The number of aromatic nitrogens is 3. The normalized spacial score (nSPS) is 19.1. The second-order valence-electron chi connectivity index (χ2n) is 6.01. The molecule has 0 bridgehead atoms. The average molecular weight is 356 g/mol. The van der Waals surface area contributed by atoms with E-state index in [4.69, 9.17) is 22.1 Å². The van der Waals surface area contributed by atoms with Crippen molar-refractivity contribution in [2.45, 2.75) is 18.5 Å². The molecular formula is C18H18ClN5O. The summed E-state index contributed by atoms with van der Waals surface area (Å²) < 4.78 is 7.19. The summed E-state index contributed by atoms with van der Waals surface area (Å²) in [5.41, 5.74) is 8.07. The quantitative estimate of drug-likeness (QED) is 0.749. The Morgan fingerprint density at radius 1 is 1.20 bits per heavy atom. The lowest BCUT2D eigenvalue weighted by molar-refractivity contribution is 0.410. The lowest BCUT2D eigenvalue weighted by Crippen LogP contribution is -2.28. The highest BCUT2D eigenvalue weighted by atomic mass is 35.5. The zero-order valence-corrected chi connectivity index (χ0v) is 14.4. The molecule has 0 fully saturated rings. The fourth-order valence-corrected chi connectivity index (χ4v) is 3.36. The molecule has 2 heterocycles. The number of hydrogen-bond acceptors (Lipinski definition) is 5. The van der Waals surface area contributed by atoms with Crippen LogP contribution in [-0.2, 0) is 0 Å². The van der Waals surface area contributed by atoms with Crippen molar-refractivity contribution in [3.05, 3.63) is 64.7 Å². The van der Waals surface area contributed by atoms with Crippen LogP contribution in [0, 0.1) is 0 Å². The first-order valence-electron chi connectivity index (χ1n) is 8.02. The average Bonchev–Trinajstić information content (AvgIpc) is 3.02. The van der Waals surface area contributed by atoms with E-state index in [0.717, 1.165) is 23.3 Å². The summed E-state index contributed by atoms with van der Waals surface area (Å²) in [4.78, 5) is 4.32. The number of anilines is 2. The van der Waals surface area contributed by atoms with Crippen molar-refractivity contribution < 1.29 is 4.74 Å². The first-order valence-corrected chi connectivity index (χ1v) is 8.40. The number of nitrogen functional groups attached to an aromatic ring is 1. The molecule has 0 unspecified atom stereocenters. The number of ether oxygens (including phenoxy) is 1. The number of nitrogens with two attached hydrogens (primary N) is 1. The van der Waals surface area contributed by atoms with E-state index < -0.39 is 0 Å². The van der Waals surface area contributed by atoms with Gasteiger partial charge in [0, 0.05) is 5.02 Å². The SMILES string of the molecule is COc1cccc([C@H]2C[C@@H](c3ccc(Cl)cc3)n3nc(N)nc3N2)c1. The number of nitrogens with zero attached hydrogens (tertiary/aromatic N) is 3. The van der Waals surface area contributed by atoms with Gasteiger partial charge in [-0.1, -0.05) is 35.9 Å². The molecule has 4 rings (SSSR count). The maximum Gasteiger partial charge on any atom is 0.241 e. The molecule has 2 aromatic carbocycles. The topological polar surface area (TPSA) is 78.0 Å². The Labute approximate surface area is 150 Å². The van der Waals surface area contributed by atoms with E-state index in [1.165, 1.54) is 0 Å². The van der Waals surface area contributed by atoms with Crippen molar-refractivity contribution in [2.75, 3.05) is 18.2 Å². The van der Waals surface area contributed by atoms with Gasteiger partial charge in [0.25, 0.3) is 0 Å². The van der Waals surface area contributed by atoms with E-state index in [1.807, 2.05) is 47.1 Å². The summed E-state index contributed by atoms with van der Waals surface area (Å²) >= 11 is 6.03. The van der Waals surface area contributed by atoms with Gasteiger partial charge in [0.2, 0.25) is 11.9 Å². The van der Waals surface area contributed by atoms with Crippen molar-refractivity contribution in [1.82, 2.24) is 14.8 Å². The summed E-state index contributed by atoms with van der Waals surface area (Å²) in [6.45, 7) is 0. The fraction of sp³-hybridized carbons (Fsp3) is 0.222. The summed E-state index contributed by atoms with van der Waals surface area (Å²) in [5, 5.41) is 8.49. The van der Waals surface area contributed by atoms with Gasteiger partial charge in [0.05, 0.1) is 19.2 Å². The zero-order valence-electron chi connectivity index (χ0n) is 13.7. The van der Waals surface area contributed by atoms with Crippen LogP contribution >= 0.6 is 11.6 Å². The van der Waals surface area contributed by atoms with Crippen molar-refractivity contribution in [1.29, 1.82) is 0 Å². The molecule has 0 saturated carbocycles. The largest absolute Gasteiger partial charge is 0.497 e. The smallest absolute Gasteiger partial charge is 0.241 e. The molecule has 1 aliphatic rings. The summed E-state index contributed by atoms with van der Waals surface area (Å²) in [7, 11) is 1.67. The highest BCUT2D eigenvalue weighted by molar-refractivity contribution is 6.30. The molecule has 0 spiro atoms. The lowest BCUT2D eigenvalue weighted by Gasteiger charge is -2.31. The first-order chi connectivity index (χ1) is 12.1. The molecule has 0 saturated heterocycles. The number of nitrogens with one attached hydrogen (secondary N) is 1. The first kappa shape index (κ1) is 15.8. The number of halogens is 1. The summed E-state index contributed by atoms with van der Waals surface area (Å²) in [6, 6.07) is 15.9. The van der Waals surface area contributed by atoms with Crippen LogP contribution in [0.2, 0.25) is 5.02 Å². The number of hydrogen-bond donors (Lipinski definition) is 2. The van der Waals surface area contributed by atoms with Gasteiger partial charge in [-0.3, -0.25) is 0 Å². The Morgan fingerprint density at radius 3 is 2.76 bits per heavy atom. The Balaban J connectivity index is 1.74. The van der Waals surface area contributed by atoms with Crippen LogP contribution in [0.1, 0.15) is 29.6 Å². The number of rotatable bonds is 3. The lowest BCUT2D eigenvalue weighted by atomic mass is 9.93. The van der Waals surface area contributed by atoms with Crippen LogP contribution in [0.4, 0.5) is 11.9 Å². The maximum absolute atomic E-state index is 6.03. The molecule has 7 heteroatoms. The zero-order chi connectivity index (χ0) is 17.4. The Kier molecular flexibility index (Phi) is 3.97. The molecule has 1 aliphatic heterocycles. The van der Waals surface area contributed by atoms with Crippen LogP contribution in [0.5, 0.6) is 5.75 Å². The Morgan fingerprint density at radius 2 is 2.00 bits per heavy atom. The van der Waals surface area contributed by atoms with E-state index in [1.54, 1.807) is 7.11 Å². The van der Waals surface area contributed by atoms with Crippen LogP contribution in [0.15, 0.2) is 48.5 Å². The van der Waals surface area contributed by atoms with E-state index in [9.17, 15) is 0 Å². The predicted octanol–water partition coefficient (Wildman–Crippen LogP) is 3.67. The van der Waals surface area contributed by atoms with Gasteiger partial charge in [-0.15, -0.1) is 5.10 Å². The van der Waals surface area contributed by atoms with Gasteiger partial charge in [-0.2, -0.15) is 4.98 Å². The third kappa shape index (κ3) is 3.00. The van der Waals surface area contributed by atoms with Crippen LogP contribution < -0.4 is 15.8 Å². The number of benzene rings is 2. The highest BCUT2D eigenvalue weighted by Crippen LogP contribution is 2.38. The van der Waals surface area contributed by atoms with Crippen molar-refractivity contribution in [2.24, 2.45) is 0 Å². The minimum atomic E-state index is 0.0227. The van der Waals surface area contributed by atoms with Gasteiger partial charge in [-0.25, -0.2) is 4.68 Å². The maximum atomic E-state index is 6.03. The minimum Gasteiger partial charge on any atom is -0.497 e. The molecule has 25 heavy (non-hydrogen) atoms. The van der Waals surface area contributed by atoms with Gasteiger partial charge >= 0.3 is 0 Å². The monoisotopic (exact) mass is 355 g/mol. The molecule has 0 aliphatic carbocycles. The Hall–Kier alpha value is -2.73. The molecule has 128 valence electrons. The summed E-state index contributed by atoms with van der Waals surface area (Å²) in [6.07, 6.45) is 0.810. The van der Waals surface area contributed by atoms with E-state index in [2.05, 4.69) is 21.5 Å². The standard InChI is InChI=1S/C18H18ClN5O/c1-25-14-4-2-3-12(9-14)15-10-16(11-5-7-13(19)8-6-11)24-18(21-15)22-17(20)23-24/h2-9,15-16H,10H2,1H3,(H3,20,21,22,23)/t15-,16+/m1/s1. The van der Waals surface area contributed by atoms with Gasteiger partial charge in [0.15, 0.2) is 0 Å². The molecule has 2 atom stereocenters. The molecule has 3 N–H and O–H groups in total. The number of methoxy groups -OCH3 is 1. The molecule has 0 amide bonds. The molecular weight excluding hydrogens is 338 g/mol. The highest BCUT2D eigenvalue weighted by Gasteiger charge is 2.31. The van der Waals surface area contributed by atoms with Crippen molar-refractivity contribution in [3.63, 3.8) is 0 Å². The van der Waals surface area contributed by atoms with Crippen molar-refractivity contribution in [3.8, 4) is 5.75 Å². The molecule has 6 nitrogen and oxygen atoms in total. The van der Waals surface area contributed by atoms with E-state index in [0.29, 0.717) is 11.0 Å². The van der Waals surface area contributed by atoms with Crippen LogP contribution in [-0.4, -0.2) is 21.9 Å². The van der Waals surface area contributed by atoms with Crippen LogP contribution in [0.3, 0.4) is 0 Å². The van der Waals surface area contributed by atoms with Gasteiger partial charge < -0.3 is 15.8 Å². The molecule has 0 radical (unpaired) electrons. The van der Waals surface area contributed by atoms with E-state index >= 15 is 0 Å². The van der Waals surface area contributed by atoms with E-state index in [-0.39, 0.29) is 18.0 Å². The fourth-order valence-electron chi connectivity index (χ4n) is 3.23. The van der Waals surface area contributed by atoms with Crippen molar-refractivity contribution >= 4 is 23.5 Å². The minimum absolute atomic E-state index is 0.0227. The third-order valence-corrected chi connectivity index (χ3v) is 4.71. The third-order valence-electron chi connectivity index (χ3n) is 4.46. The van der Waals surface area contributed by atoms with Crippen LogP contribution in [0.25, 0.3) is 0 Å². The molecule has 1 aromatic heterocycles. The second-order valence-corrected chi connectivity index (χ2v) is 6.45.